The van der Waals surface area contributed by atoms with Crippen molar-refractivity contribution >= 4 is 5.97 Å². The van der Waals surface area contributed by atoms with E-state index in [0.29, 0.717) is 18.7 Å². The van der Waals surface area contributed by atoms with Crippen LogP contribution in [0, 0.1) is 11.6 Å². The SMILES string of the molecule is CCN(CC(=O)O)Cc1ccc(F)c(F)c1. The largest absolute Gasteiger partial charge is 0.480 e. The first-order valence-corrected chi connectivity index (χ1v) is 4.91. The summed E-state index contributed by atoms with van der Waals surface area (Å²) in [7, 11) is 0. The van der Waals surface area contributed by atoms with E-state index in [1.807, 2.05) is 6.92 Å². The minimum Gasteiger partial charge on any atom is -0.480 e. The van der Waals surface area contributed by atoms with Gasteiger partial charge in [-0.3, -0.25) is 9.69 Å². The average molecular weight is 229 g/mol. The second kappa shape index (κ2) is 5.55. The molecule has 0 saturated carbocycles. The van der Waals surface area contributed by atoms with E-state index in [-0.39, 0.29) is 6.54 Å². The molecule has 5 heteroatoms. The van der Waals surface area contributed by atoms with Gasteiger partial charge in [0.15, 0.2) is 11.6 Å². The van der Waals surface area contributed by atoms with Crippen molar-refractivity contribution in [3.8, 4) is 0 Å². The summed E-state index contributed by atoms with van der Waals surface area (Å²) in [5.74, 6) is -2.75. The molecule has 0 unspecified atom stereocenters. The molecule has 1 N–H and O–H groups in total. The molecular weight excluding hydrogens is 216 g/mol. The first kappa shape index (κ1) is 12.6. The van der Waals surface area contributed by atoms with Crippen molar-refractivity contribution in [2.45, 2.75) is 13.5 Å². The van der Waals surface area contributed by atoms with E-state index < -0.39 is 17.6 Å². The highest BCUT2D eigenvalue weighted by molar-refractivity contribution is 5.69. The lowest BCUT2D eigenvalue weighted by Gasteiger charge is -2.17. The molecular formula is C11H13F2NO2. The molecule has 3 nitrogen and oxygen atoms in total. The lowest BCUT2D eigenvalue weighted by atomic mass is 10.2. The molecule has 0 aliphatic rings. The summed E-state index contributed by atoms with van der Waals surface area (Å²) in [6, 6.07) is 3.57. The number of nitrogens with zero attached hydrogens (tertiary/aromatic N) is 1. The summed E-state index contributed by atoms with van der Waals surface area (Å²) >= 11 is 0. The fourth-order valence-corrected chi connectivity index (χ4v) is 1.37. The van der Waals surface area contributed by atoms with Crippen LogP contribution in [0.25, 0.3) is 0 Å². The smallest absolute Gasteiger partial charge is 0.317 e. The molecule has 0 spiro atoms. The van der Waals surface area contributed by atoms with E-state index in [1.165, 1.54) is 6.07 Å². The Labute approximate surface area is 92.3 Å². The number of carboxylic acid groups (broad SMARTS) is 1. The van der Waals surface area contributed by atoms with Crippen LogP contribution in [0.5, 0.6) is 0 Å². The first-order valence-electron chi connectivity index (χ1n) is 4.91. The number of benzene rings is 1. The predicted octanol–water partition coefficient (Wildman–Crippen LogP) is 1.87. The zero-order valence-corrected chi connectivity index (χ0v) is 8.91. The van der Waals surface area contributed by atoms with E-state index in [0.717, 1.165) is 12.1 Å². The molecule has 1 aromatic rings. The van der Waals surface area contributed by atoms with E-state index in [4.69, 9.17) is 5.11 Å². The van der Waals surface area contributed by atoms with Crippen LogP contribution < -0.4 is 0 Å². The lowest BCUT2D eigenvalue weighted by molar-refractivity contribution is -0.138. The quantitative estimate of drug-likeness (QED) is 0.838. The third-order valence-corrected chi connectivity index (χ3v) is 2.20. The molecule has 0 saturated heterocycles. The Morgan fingerprint density at radius 1 is 1.38 bits per heavy atom. The zero-order valence-electron chi connectivity index (χ0n) is 8.91. The Balaban J connectivity index is 2.70. The Hall–Kier alpha value is -1.49. The van der Waals surface area contributed by atoms with Crippen LogP contribution in [-0.4, -0.2) is 29.1 Å². The summed E-state index contributed by atoms with van der Waals surface area (Å²) in [4.78, 5) is 12.1. The number of rotatable bonds is 5. The summed E-state index contributed by atoms with van der Waals surface area (Å²) in [6.07, 6.45) is 0. The molecule has 0 fully saturated rings. The van der Waals surface area contributed by atoms with Crippen molar-refractivity contribution in [3.05, 3.63) is 35.4 Å². The van der Waals surface area contributed by atoms with Crippen LogP contribution in [-0.2, 0) is 11.3 Å². The van der Waals surface area contributed by atoms with Crippen molar-refractivity contribution in [3.63, 3.8) is 0 Å². The maximum atomic E-state index is 12.9. The van der Waals surface area contributed by atoms with Crippen molar-refractivity contribution in [1.29, 1.82) is 0 Å². The van der Waals surface area contributed by atoms with Crippen LogP contribution in [0.2, 0.25) is 0 Å². The van der Waals surface area contributed by atoms with Gasteiger partial charge in [0.2, 0.25) is 0 Å². The predicted molar refractivity (Wildman–Crippen MR) is 54.9 cm³/mol. The van der Waals surface area contributed by atoms with Gasteiger partial charge in [-0.1, -0.05) is 13.0 Å². The van der Waals surface area contributed by atoms with Crippen molar-refractivity contribution in [1.82, 2.24) is 4.90 Å². The molecule has 88 valence electrons. The molecule has 0 aromatic heterocycles. The van der Waals surface area contributed by atoms with Gasteiger partial charge in [-0.2, -0.15) is 0 Å². The highest BCUT2D eigenvalue weighted by Crippen LogP contribution is 2.10. The van der Waals surface area contributed by atoms with Crippen molar-refractivity contribution in [2.75, 3.05) is 13.1 Å². The normalized spacial score (nSPS) is 10.8. The van der Waals surface area contributed by atoms with Gasteiger partial charge in [0.25, 0.3) is 0 Å². The van der Waals surface area contributed by atoms with E-state index >= 15 is 0 Å². The number of aliphatic carboxylic acids is 1. The molecule has 0 radical (unpaired) electrons. The minimum atomic E-state index is -0.940. The maximum absolute atomic E-state index is 12.9. The van der Waals surface area contributed by atoms with Crippen LogP contribution in [0.1, 0.15) is 12.5 Å². The van der Waals surface area contributed by atoms with Crippen molar-refractivity contribution < 1.29 is 18.7 Å². The Morgan fingerprint density at radius 2 is 2.06 bits per heavy atom. The summed E-state index contributed by atoms with van der Waals surface area (Å²) < 4.78 is 25.5. The Kier molecular flexibility index (Phi) is 4.37. The van der Waals surface area contributed by atoms with E-state index in [9.17, 15) is 13.6 Å². The second-order valence-corrected chi connectivity index (χ2v) is 3.45. The van der Waals surface area contributed by atoms with Gasteiger partial charge in [-0.15, -0.1) is 0 Å². The molecule has 0 aliphatic heterocycles. The molecule has 0 aliphatic carbocycles. The third-order valence-electron chi connectivity index (χ3n) is 2.20. The summed E-state index contributed by atoms with van der Waals surface area (Å²) in [5.41, 5.74) is 0.557. The fourth-order valence-electron chi connectivity index (χ4n) is 1.37. The highest BCUT2D eigenvalue weighted by atomic mass is 19.2. The average Bonchev–Trinajstić information content (AvgIpc) is 2.22. The van der Waals surface area contributed by atoms with Gasteiger partial charge >= 0.3 is 5.97 Å². The molecule has 0 atom stereocenters. The lowest BCUT2D eigenvalue weighted by Crippen LogP contribution is -2.29. The van der Waals surface area contributed by atoms with Crippen molar-refractivity contribution in [2.24, 2.45) is 0 Å². The molecule has 0 bridgehead atoms. The van der Waals surface area contributed by atoms with E-state index in [1.54, 1.807) is 4.90 Å². The standard InChI is InChI=1S/C11H13F2NO2/c1-2-14(7-11(15)16)6-8-3-4-9(12)10(13)5-8/h3-5H,2,6-7H2,1H3,(H,15,16). The van der Waals surface area contributed by atoms with Gasteiger partial charge in [-0.05, 0) is 24.2 Å². The number of hydrogen-bond donors (Lipinski definition) is 1. The maximum Gasteiger partial charge on any atom is 0.317 e. The first-order chi connectivity index (χ1) is 7.52. The molecule has 16 heavy (non-hydrogen) atoms. The van der Waals surface area contributed by atoms with Gasteiger partial charge in [0.05, 0.1) is 6.54 Å². The molecule has 1 aromatic carbocycles. The summed E-state index contributed by atoms with van der Waals surface area (Å²) in [5, 5.41) is 8.62. The van der Waals surface area contributed by atoms with Crippen LogP contribution in [0.4, 0.5) is 8.78 Å². The number of halogens is 2. The van der Waals surface area contributed by atoms with Gasteiger partial charge in [0, 0.05) is 6.54 Å². The Bertz CT molecular complexity index is 382. The third kappa shape index (κ3) is 3.58. The number of hydrogen-bond acceptors (Lipinski definition) is 2. The monoisotopic (exact) mass is 229 g/mol. The van der Waals surface area contributed by atoms with Crippen LogP contribution >= 0.6 is 0 Å². The van der Waals surface area contributed by atoms with Gasteiger partial charge < -0.3 is 5.11 Å². The molecule has 0 amide bonds. The van der Waals surface area contributed by atoms with Crippen LogP contribution in [0.15, 0.2) is 18.2 Å². The summed E-state index contributed by atoms with van der Waals surface area (Å²) in [6.45, 7) is 2.52. The number of carbonyl (C=O) groups is 1. The van der Waals surface area contributed by atoms with Gasteiger partial charge in [-0.25, -0.2) is 8.78 Å². The van der Waals surface area contributed by atoms with Gasteiger partial charge in [0.1, 0.15) is 0 Å². The molecule has 0 heterocycles. The number of carboxylic acids is 1. The van der Waals surface area contributed by atoms with E-state index in [2.05, 4.69) is 0 Å². The second-order valence-electron chi connectivity index (χ2n) is 3.45. The topological polar surface area (TPSA) is 40.5 Å². The Morgan fingerprint density at radius 3 is 2.56 bits per heavy atom. The minimum absolute atomic E-state index is 0.116. The fraction of sp³-hybridized carbons (Fsp3) is 0.364. The number of likely N-dealkylation sites (N-methyl/N-ethyl adjacent to an activating group) is 1. The highest BCUT2D eigenvalue weighted by Gasteiger charge is 2.09. The molecule has 1 rings (SSSR count). The van der Waals surface area contributed by atoms with Crippen LogP contribution in [0.3, 0.4) is 0 Å². The zero-order chi connectivity index (χ0) is 12.1.